The van der Waals surface area contributed by atoms with Gasteiger partial charge in [-0.25, -0.2) is 9.37 Å². The number of rotatable bonds is 5. The van der Waals surface area contributed by atoms with Crippen molar-refractivity contribution < 1.29 is 13.3 Å². The average Bonchev–Trinajstić information content (AvgIpc) is 3.47. The van der Waals surface area contributed by atoms with Crippen LogP contribution in [0.5, 0.6) is 5.75 Å². The lowest BCUT2D eigenvalue weighted by molar-refractivity contribution is 0.299. The maximum atomic E-state index is 13.9. The highest BCUT2D eigenvalue weighted by molar-refractivity contribution is 7.84. The van der Waals surface area contributed by atoms with Crippen LogP contribution in [-0.4, -0.2) is 26.6 Å². The van der Waals surface area contributed by atoms with Crippen molar-refractivity contribution in [3.63, 3.8) is 0 Å². The van der Waals surface area contributed by atoms with Crippen molar-refractivity contribution in [1.29, 1.82) is 0 Å². The minimum atomic E-state index is -1.28. The van der Waals surface area contributed by atoms with E-state index in [4.69, 9.17) is 4.74 Å². The van der Waals surface area contributed by atoms with Crippen molar-refractivity contribution >= 4 is 21.6 Å². The Balaban J connectivity index is 1.96. The van der Waals surface area contributed by atoms with Gasteiger partial charge in [0.05, 0.1) is 17.4 Å². The van der Waals surface area contributed by atoms with E-state index < -0.39 is 16.6 Å². The number of halogens is 1. The predicted octanol–water partition coefficient (Wildman–Crippen LogP) is 3.27. The van der Waals surface area contributed by atoms with E-state index in [0.29, 0.717) is 45.3 Å². The zero-order chi connectivity index (χ0) is 19.1. The lowest BCUT2D eigenvalue weighted by Crippen LogP contribution is -2.17. The van der Waals surface area contributed by atoms with Gasteiger partial charge in [-0.15, -0.1) is 0 Å². The van der Waals surface area contributed by atoms with Gasteiger partial charge in [0.15, 0.2) is 0 Å². The second-order valence-electron chi connectivity index (χ2n) is 6.85. The van der Waals surface area contributed by atoms with E-state index in [2.05, 4.69) is 4.98 Å². The molecular weight excluding hydrogens is 367 g/mol. The molecule has 0 amide bonds. The highest BCUT2D eigenvalue weighted by Gasteiger charge is 2.23. The normalized spacial score (nSPS) is 15.1. The summed E-state index contributed by atoms with van der Waals surface area (Å²) in [6.07, 6.45) is 5.47. The summed E-state index contributed by atoms with van der Waals surface area (Å²) in [6, 6.07) is 7.49. The molecular formula is C20H19FN2O3S. The van der Waals surface area contributed by atoms with Gasteiger partial charge in [0, 0.05) is 35.8 Å². The van der Waals surface area contributed by atoms with Crippen LogP contribution in [0.1, 0.15) is 12.8 Å². The number of fused-ring (bicyclic) bond motifs is 1. The van der Waals surface area contributed by atoms with Gasteiger partial charge >= 0.3 is 0 Å². The van der Waals surface area contributed by atoms with Gasteiger partial charge in [-0.05, 0) is 49.1 Å². The molecule has 140 valence electrons. The molecule has 5 nitrogen and oxygen atoms in total. The van der Waals surface area contributed by atoms with E-state index in [1.807, 2.05) is 0 Å². The molecule has 2 aromatic heterocycles. The average molecular weight is 386 g/mol. The number of aryl methyl sites for hydroxylation is 1. The van der Waals surface area contributed by atoms with Crippen LogP contribution in [-0.2, 0) is 17.8 Å². The van der Waals surface area contributed by atoms with E-state index in [1.165, 1.54) is 22.8 Å². The molecule has 3 aromatic rings. The van der Waals surface area contributed by atoms with Crippen molar-refractivity contribution in [2.45, 2.75) is 17.9 Å². The van der Waals surface area contributed by atoms with E-state index in [9.17, 15) is 13.4 Å². The molecule has 2 heterocycles. The first-order valence-electron chi connectivity index (χ1n) is 8.70. The highest BCUT2D eigenvalue weighted by Crippen LogP contribution is 2.35. The van der Waals surface area contributed by atoms with Gasteiger partial charge in [0.2, 0.25) is 0 Å². The summed E-state index contributed by atoms with van der Waals surface area (Å²) in [6.45, 7) is 0.585. The Morgan fingerprint density at radius 1 is 1.26 bits per heavy atom. The van der Waals surface area contributed by atoms with Gasteiger partial charge in [0.1, 0.15) is 22.3 Å². The van der Waals surface area contributed by atoms with E-state index >= 15 is 0 Å². The lowest BCUT2D eigenvalue weighted by Gasteiger charge is -2.14. The van der Waals surface area contributed by atoms with Gasteiger partial charge in [-0.2, -0.15) is 0 Å². The Morgan fingerprint density at radius 3 is 2.74 bits per heavy atom. The van der Waals surface area contributed by atoms with Crippen molar-refractivity contribution in [3.8, 4) is 17.0 Å². The van der Waals surface area contributed by atoms with Crippen LogP contribution < -0.4 is 10.3 Å². The summed E-state index contributed by atoms with van der Waals surface area (Å²) in [7, 11) is 0.361. The fourth-order valence-corrected chi connectivity index (χ4v) is 3.50. The maximum Gasteiger partial charge on any atom is 0.258 e. The standard InChI is InChI=1S/C20H19FN2O3S/c1-23-10-16(15-9-13(21)5-6-14(15)20(23)24)19-17(26-11-12-3-4-12)7-8-18(22-19)27(2)25/h5-10,12H,3-4,11H2,1-2H3. The number of hydrogen-bond donors (Lipinski definition) is 0. The minimum Gasteiger partial charge on any atom is -0.491 e. The second-order valence-corrected chi connectivity index (χ2v) is 8.18. The van der Waals surface area contributed by atoms with Crippen molar-refractivity contribution in [2.24, 2.45) is 13.0 Å². The molecule has 27 heavy (non-hydrogen) atoms. The van der Waals surface area contributed by atoms with Gasteiger partial charge in [-0.3, -0.25) is 9.00 Å². The first-order chi connectivity index (χ1) is 12.9. The molecule has 1 aliphatic rings. The molecule has 1 atom stereocenters. The third-order valence-corrected chi connectivity index (χ3v) is 5.52. The number of aromatic nitrogens is 2. The third kappa shape index (κ3) is 3.51. The Bertz CT molecular complexity index is 1120. The lowest BCUT2D eigenvalue weighted by atomic mass is 10.0. The molecule has 0 bridgehead atoms. The maximum absolute atomic E-state index is 13.9. The number of ether oxygens (including phenoxy) is 1. The summed E-state index contributed by atoms with van der Waals surface area (Å²) in [5.41, 5.74) is 0.823. The molecule has 0 aliphatic heterocycles. The molecule has 0 saturated heterocycles. The smallest absolute Gasteiger partial charge is 0.258 e. The van der Waals surface area contributed by atoms with Gasteiger partial charge in [0.25, 0.3) is 5.56 Å². The fourth-order valence-electron chi connectivity index (χ4n) is 3.02. The van der Waals surface area contributed by atoms with Crippen LogP contribution in [0, 0.1) is 11.7 Å². The summed E-state index contributed by atoms with van der Waals surface area (Å²) >= 11 is 0. The second kappa shape index (κ2) is 6.88. The summed E-state index contributed by atoms with van der Waals surface area (Å²) in [4.78, 5) is 17.0. The molecule has 7 heteroatoms. The topological polar surface area (TPSA) is 61.2 Å². The SMILES string of the molecule is Cn1cc(-c2nc(S(C)=O)ccc2OCC2CC2)c2cc(F)ccc2c1=O. The number of pyridine rings is 2. The van der Waals surface area contributed by atoms with Gasteiger partial charge < -0.3 is 9.30 Å². The van der Waals surface area contributed by atoms with Crippen LogP contribution in [0.15, 0.2) is 46.3 Å². The van der Waals surface area contributed by atoms with E-state index in [1.54, 1.807) is 31.6 Å². The zero-order valence-corrected chi connectivity index (χ0v) is 15.9. The van der Waals surface area contributed by atoms with Gasteiger partial charge in [-0.1, -0.05) is 0 Å². The van der Waals surface area contributed by atoms with Crippen LogP contribution in [0.2, 0.25) is 0 Å². The highest BCUT2D eigenvalue weighted by atomic mass is 32.2. The predicted molar refractivity (Wildman–Crippen MR) is 103 cm³/mol. The number of nitrogens with zero attached hydrogens (tertiary/aromatic N) is 2. The Kier molecular flexibility index (Phi) is 4.55. The fraction of sp³-hybridized carbons (Fsp3) is 0.300. The zero-order valence-electron chi connectivity index (χ0n) is 15.1. The van der Waals surface area contributed by atoms with Crippen molar-refractivity contribution in [3.05, 3.63) is 52.7 Å². The summed E-state index contributed by atoms with van der Waals surface area (Å²) in [5.74, 6) is 0.653. The van der Waals surface area contributed by atoms with Crippen LogP contribution >= 0.6 is 0 Å². The Morgan fingerprint density at radius 2 is 2.04 bits per heavy atom. The molecule has 1 aromatic carbocycles. The largest absolute Gasteiger partial charge is 0.491 e. The minimum absolute atomic E-state index is 0.218. The molecule has 0 spiro atoms. The molecule has 1 unspecified atom stereocenters. The number of hydrogen-bond acceptors (Lipinski definition) is 4. The van der Waals surface area contributed by atoms with Crippen LogP contribution in [0.3, 0.4) is 0 Å². The molecule has 0 N–H and O–H groups in total. The first-order valence-corrected chi connectivity index (χ1v) is 10.3. The molecule has 4 rings (SSSR count). The van der Waals surface area contributed by atoms with Crippen LogP contribution in [0.25, 0.3) is 22.0 Å². The summed E-state index contributed by atoms with van der Waals surface area (Å²) in [5, 5.41) is 1.26. The van der Waals surface area contributed by atoms with Crippen molar-refractivity contribution in [1.82, 2.24) is 9.55 Å². The Hall–Kier alpha value is -2.54. The molecule has 1 saturated carbocycles. The third-order valence-electron chi connectivity index (χ3n) is 4.70. The summed E-state index contributed by atoms with van der Waals surface area (Å²) < 4.78 is 33.3. The number of benzene rings is 1. The molecule has 0 radical (unpaired) electrons. The molecule has 1 aliphatic carbocycles. The van der Waals surface area contributed by atoms with Crippen molar-refractivity contribution in [2.75, 3.05) is 12.9 Å². The van der Waals surface area contributed by atoms with E-state index in [0.717, 1.165) is 12.8 Å². The molecule has 1 fully saturated rings. The van der Waals surface area contributed by atoms with E-state index in [-0.39, 0.29) is 5.56 Å². The monoisotopic (exact) mass is 386 g/mol. The quantitative estimate of drug-likeness (QED) is 0.675. The van der Waals surface area contributed by atoms with Crippen LogP contribution in [0.4, 0.5) is 4.39 Å². The Labute approximate surface area is 158 Å². The first kappa shape index (κ1) is 17.9.